The summed E-state index contributed by atoms with van der Waals surface area (Å²) in [6, 6.07) is 15.1. The van der Waals surface area contributed by atoms with E-state index in [1.807, 2.05) is 48.5 Å². The summed E-state index contributed by atoms with van der Waals surface area (Å²) in [6.07, 6.45) is 1.78. The fourth-order valence-corrected chi connectivity index (χ4v) is 2.55. The smallest absolute Gasteiger partial charge is 0.220 e. The van der Waals surface area contributed by atoms with Crippen molar-refractivity contribution in [3.8, 4) is 0 Å². The zero-order valence-electron chi connectivity index (χ0n) is 12.6. The predicted octanol–water partition coefficient (Wildman–Crippen LogP) is 4.12. The molecule has 1 N–H and O–H groups in total. The van der Waals surface area contributed by atoms with Crippen molar-refractivity contribution in [3.63, 3.8) is 0 Å². The third-order valence-corrected chi connectivity index (χ3v) is 3.94. The molecule has 0 unspecified atom stereocenters. The van der Waals surface area contributed by atoms with Crippen LogP contribution in [-0.2, 0) is 17.8 Å². The van der Waals surface area contributed by atoms with E-state index in [0.717, 1.165) is 16.7 Å². The van der Waals surface area contributed by atoms with Crippen LogP contribution in [0.4, 0.5) is 0 Å². The SMILES string of the molecule is O=C(CCCc1nc2ccccc2o1)NCc1ccccc1Cl. The quantitative estimate of drug-likeness (QED) is 0.740. The Bertz CT molecular complexity index is 780. The van der Waals surface area contributed by atoms with E-state index in [1.165, 1.54) is 0 Å². The van der Waals surface area contributed by atoms with Crippen molar-refractivity contribution in [2.45, 2.75) is 25.8 Å². The molecule has 0 radical (unpaired) electrons. The lowest BCUT2D eigenvalue weighted by Crippen LogP contribution is -2.22. The lowest BCUT2D eigenvalue weighted by Gasteiger charge is -2.06. The second-order valence-corrected chi connectivity index (χ2v) is 5.70. The van der Waals surface area contributed by atoms with Crippen molar-refractivity contribution in [2.75, 3.05) is 0 Å². The van der Waals surface area contributed by atoms with Gasteiger partial charge in [0.2, 0.25) is 5.91 Å². The van der Waals surface area contributed by atoms with E-state index in [4.69, 9.17) is 16.0 Å². The molecule has 5 heteroatoms. The third-order valence-electron chi connectivity index (χ3n) is 3.57. The first-order chi connectivity index (χ1) is 11.2. The standard InChI is InChI=1S/C18H17ClN2O2/c19-14-7-2-1-6-13(14)12-20-17(22)10-5-11-18-21-15-8-3-4-9-16(15)23-18/h1-4,6-9H,5,10-12H2,(H,20,22). The molecule has 0 bridgehead atoms. The minimum Gasteiger partial charge on any atom is -0.441 e. The molecule has 0 atom stereocenters. The lowest BCUT2D eigenvalue weighted by atomic mass is 10.2. The number of benzene rings is 2. The largest absolute Gasteiger partial charge is 0.441 e. The average Bonchev–Trinajstić information content (AvgIpc) is 2.97. The number of nitrogens with zero attached hydrogens (tertiary/aromatic N) is 1. The number of nitrogens with one attached hydrogen (secondary N) is 1. The van der Waals surface area contributed by atoms with Crippen LogP contribution in [0.5, 0.6) is 0 Å². The summed E-state index contributed by atoms with van der Waals surface area (Å²) in [7, 11) is 0. The number of amides is 1. The van der Waals surface area contributed by atoms with Crippen molar-refractivity contribution < 1.29 is 9.21 Å². The normalized spacial score (nSPS) is 10.8. The monoisotopic (exact) mass is 328 g/mol. The van der Waals surface area contributed by atoms with E-state index in [0.29, 0.717) is 36.7 Å². The highest BCUT2D eigenvalue weighted by Gasteiger charge is 2.07. The summed E-state index contributed by atoms with van der Waals surface area (Å²) in [5.74, 6) is 0.672. The number of aryl methyl sites for hydroxylation is 1. The maximum absolute atomic E-state index is 11.9. The van der Waals surface area contributed by atoms with Gasteiger partial charge < -0.3 is 9.73 Å². The number of fused-ring (bicyclic) bond motifs is 1. The maximum Gasteiger partial charge on any atom is 0.220 e. The second kappa shape index (κ2) is 7.29. The number of oxazole rings is 1. The first kappa shape index (κ1) is 15.6. The Morgan fingerprint density at radius 1 is 1.13 bits per heavy atom. The van der Waals surface area contributed by atoms with Gasteiger partial charge in [0.1, 0.15) is 5.52 Å². The van der Waals surface area contributed by atoms with E-state index in [1.54, 1.807) is 0 Å². The number of carbonyl (C=O) groups is 1. The van der Waals surface area contributed by atoms with Crippen LogP contribution in [-0.4, -0.2) is 10.9 Å². The summed E-state index contributed by atoms with van der Waals surface area (Å²) >= 11 is 6.06. The molecule has 3 rings (SSSR count). The van der Waals surface area contributed by atoms with Gasteiger partial charge in [0.05, 0.1) is 0 Å². The Balaban J connectivity index is 1.45. The van der Waals surface area contributed by atoms with Gasteiger partial charge in [-0.3, -0.25) is 4.79 Å². The molecule has 23 heavy (non-hydrogen) atoms. The maximum atomic E-state index is 11.9. The van der Waals surface area contributed by atoms with Gasteiger partial charge in [0, 0.05) is 24.4 Å². The van der Waals surface area contributed by atoms with Gasteiger partial charge in [-0.1, -0.05) is 41.9 Å². The fraction of sp³-hybridized carbons (Fsp3) is 0.222. The van der Waals surface area contributed by atoms with Crippen molar-refractivity contribution in [2.24, 2.45) is 0 Å². The number of para-hydroxylation sites is 2. The average molecular weight is 329 g/mol. The minimum absolute atomic E-state index is 0.000954. The Kier molecular flexibility index (Phi) is 4.93. The molecule has 1 heterocycles. The molecule has 0 aliphatic carbocycles. The molecule has 1 aromatic heterocycles. The molecule has 4 nitrogen and oxygen atoms in total. The molecule has 0 aliphatic heterocycles. The van der Waals surface area contributed by atoms with Gasteiger partial charge in [-0.25, -0.2) is 4.98 Å². The van der Waals surface area contributed by atoms with Crippen LogP contribution in [0.15, 0.2) is 52.9 Å². The molecule has 0 spiro atoms. The van der Waals surface area contributed by atoms with Gasteiger partial charge in [0.15, 0.2) is 11.5 Å². The van der Waals surface area contributed by atoms with Gasteiger partial charge in [-0.15, -0.1) is 0 Å². The highest BCUT2D eigenvalue weighted by atomic mass is 35.5. The van der Waals surface area contributed by atoms with Gasteiger partial charge in [-0.05, 0) is 30.2 Å². The number of rotatable bonds is 6. The van der Waals surface area contributed by atoms with Gasteiger partial charge in [0.25, 0.3) is 0 Å². The topological polar surface area (TPSA) is 55.1 Å². The predicted molar refractivity (Wildman–Crippen MR) is 90.2 cm³/mol. The number of hydrogen-bond acceptors (Lipinski definition) is 3. The summed E-state index contributed by atoms with van der Waals surface area (Å²) in [4.78, 5) is 16.3. The third kappa shape index (κ3) is 4.11. The van der Waals surface area contributed by atoms with Crippen LogP contribution >= 0.6 is 11.6 Å². The number of hydrogen-bond donors (Lipinski definition) is 1. The zero-order chi connectivity index (χ0) is 16.1. The number of halogens is 1. The first-order valence-electron chi connectivity index (χ1n) is 7.57. The van der Waals surface area contributed by atoms with Gasteiger partial charge >= 0.3 is 0 Å². The van der Waals surface area contributed by atoms with E-state index in [9.17, 15) is 4.79 Å². The second-order valence-electron chi connectivity index (χ2n) is 5.30. The molecule has 0 saturated carbocycles. The fourth-order valence-electron chi connectivity index (χ4n) is 2.35. The van der Waals surface area contributed by atoms with Crippen LogP contribution in [0.25, 0.3) is 11.1 Å². The van der Waals surface area contributed by atoms with Crippen molar-refractivity contribution in [1.29, 1.82) is 0 Å². The highest BCUT2D eigenvalue weighted by molar-refractivity contribution is 6.31. The molecule has 3 aromatic rings. The molecule has 1 amide bonds. The Labute approximate surface area is 139 Å². The van der Waals surface area contributed by atoms with Gasteiger partial charge in [-0.2, -0.15) is 0 Å². The van der Waals surface area contributed by atoms with Crippen molar-refractivity contribution >= 4 is 28.6 Å². The van der Waals surface area contributed by atoms with Crippen molar-refractivity contribution in [1.82, 2.24) is 10.3 Å². The molecule has 0 fully saturated rings. The van der Waals surface area contributed by atoms with Crippen molar-refractivity contribution in [3.05, 3.63) is 65.0 Å². The van der Waals surface area contributed by atoms with Crippen LogP contribution in [0, 0.1) is 0 Å². The van der Waals surface area contributed by atoms with Crippen LogP contribution in [0.3, 0.4) is 0 Å². The molecule has 118 valence electrons. The first-order valence-corrected chi connectivity index (χ1v) is 7.95. The summed E-state index contributed by atoms with van der Waals surface area (Å²) < 4.78 is 5.63. The molecular formula is C18H17ClN2O2. The molecular weight excluding hydrogens is 312 g/mol. The summed E-state index contributed by atoms with van der Waals surface area (Å²) in [5.41, 5.74) is 2.55. The molecule has 2 aromatic carbocycles. The van der Waals surface area contributed by atoms with Crippen LogP contribution in [0.1, 0.15) is 24.3 Å². The summed E-state index contributed by atoms with van der Waals surface area (Å²) in [5, 5.41) is 3.54. The number of aromatic nitrogens is 1. The summed E-state index contributed by atoms with van der Waals surface area (Å²) in [6.45, 7) is 0.446. The van der Waals surface area contributed by atoms with E-state index >= 15 is 0 Å². The van der Waals surface area contributed by atoms with Crippen LogP contribution in [0.2, 0.25) is 5.02 Å². The molecule has 0 aliphatic rings. The highest BCUT2D eigenvalue weighted by Crippen LogP contribution is 2.16. The van der Waals surface area contributed by atoms with E-state index < -0.39 is 0 Å². The Morgan fingerprint density at radius 3 is 2.74 bits per heavy atom. The molecule has 0 saturated heterocycles. The Morgan fingerprint density at radius 2 is 1.91 bits per heavy atom. The number of carbonyl (C=O) groups excluding carboxylic acids is 1. The van der Waals surface area contributed by atoms with Crippen LogP contribution < -0.4 is 5.32 Å². The lowest BCUT2D eigenvalue weighted by molar-refractivity contribution is -0.121. The minimum atomic E-state index is 0.000954. The van der Waals surface area contributed by atoms with E-state index in [2.05, 4.69) is 10.3 Å². The Hall–Kier alpha value is -2.33. The van der Waals surface area contributed by atoms with E-state index in [-0.39, 0.29) is 5.91 Å². The zero-order valence-corrected chi connectivity index (χ0v) is 13.3.